The predicted molar refractivity (Wildman–Crippen MR) is 76.8 cm³/mol. The van der Waals surface area contributed by atoms with Crippen LogP contribution in [0.3, 0.4) is 0 Å². The summed E-state index contributed by atoms with van der Waals surface area (Å²) in [4.78, 5) is 0. The Morgan fingerprint density at radius 3 is 1.82 bits per heavy atom. The van der Waals surface area contributed by atoms with Gasteiger partial charge in [0, 0.05) is 25.0 Å². The standard InChI is InChI=1S/C11H29NO3Si2/c1-7-13-17(10-9-12,14-8-2)15-11(3)16(4,5)6/h11H,7-10,12H2,1-6H3. The van der Waals surface area contributed by atoms with E-state index in [0.717, 1.165) is 0 Å². The molecule has 0 bridgehead atoms. The Balaban J connectivity index is 4.75. The first-order valence-corrected chi connectivity index (χ1v) is 12.0. The van der Waals surface area contributed by atoms with Crippen molar-refractivity contribution in [3.8, 4) is 0 Å². The van der Waals surface area contributed by atoms with Crippen LogP contribution in [0.15, 0.2) is 0 Å². The topological polar surface area (TPSA) is 53.7 Å². The van der Waals surface area contributed by atoms with E-state index >= 15 is 0 Å². The van der Waals surface area contributed by atoms with E-state index in [-0.39, 0.29) is 5.73 Å². The van der Waals surface area contributed by atoms with Crippen molar-refractivity contribution in [3.05, 3.63) is 0 Å². The maximum absolute atomic E-state index is 6.20. The van der Waals surface area contributed by atoms with Crippen LogP contribution in [0.4, 0.5) is 0 Å². The maximum Gasteiger partial charge on any atom is 0.502 e. The van der Waals surface area contributed by atoms with E-state index in [1.165, 1.54) is 0 Å². The van der Waals surface area contributed by atoms with Crippen molar-refractivity contribution in [2.75, 3.05) is 19.8 Å². The molecule has 4 nitrogen and oxygen atoms in total. The lowest BCUT2D eigenvalue weighted by molar-refractivity contribution is 0.0585. The van der Waals surface area contributed by atoms with Crippen LogP contribution >= 0.6 is 0 Å². The monoisotopic (exact) mass is 279 g/mol. The number of nitrogens with two attached hydrogens (primary N) is 1. The van der Waals surface area contributed by atoms with Crippen molar-refractivity contribution < 1.29 is 13.3 Å². The highest BCUT2D eigenvalue weighted by atomic mass is 28.4. The lowest BCUT2D eigenvalue weighted by atomic mass is 10.8. The molecule has 6 heteroatoms. The third-order valence-corrected chi connectivity index (χ3v) is 8.62. The lowest BCUT2D eigenvalue weighted by Gasteiger charge is -2.35. The normalized spacial score (nSPS) is 15.0. The molecule has 1 atom stereocenters. The SMILES string of the molecule is CCO[Si](CCN)(OCC)OC(C)[Si](C)(C)C. The Hall–Kier alpha value is 0.274. The third-order valence-electron chi connectivity index (χ3n) is 2.75. The van der Waals surface area contributed by atoms with E-state index in [9.17, 15) is 0 Å². The highest BCUT2D eigenvalue weighted by molar-refractivity contribution is 6.78. The summed E-state index contributed by atoms with van der Waals surface area (Å²) in [6.07, 6.45) is 0. The smallest absolute Gasteiger partial charge is 0.374 e. The molecule has 2 N–H and O–H groups in total. The van der Waals surface area contributed by atoms with Crippen LogP contribution < -0.4 is 5.73 Å². The highest BCUT2D eigenvalue weighted by Crippen LogP contribution is 2.22. The van der Waals surface area contributed by atoms with Crippen LogP contribution in [0.1, 0.15) is 20.8 Å². The summed E-state index contributed by atoms with van der Waals surface area (Å²) < 4.78 is 17.8. The van der Waals surface area contributed by atoms with Gasteiger partial charge >= 0.3 is 8.80 Å². The molecule has 0 aromatic heterocycles. The zero-order valence-corrected chi connectivity index (χ0v) is 14.2. The first-order chi connectivity index (χ1) is 7.81. The van der Waals surface area contributed by atoms with Gasteiger partial charge in [0.2, 0.25) is 0 Å². The molecule has 1 unspecified atom stereocenters. The molecule has 0 aliphatic carbocycles. The molecule has 104 valence electrons. The lowest BCUT2D eigenvalue weighted by Crippen LogP contribution is -2.54. The summed E-state index contributed by atoms with van der Waals surface area (Å²) in [6.45, 7) is 14.7. The van der Waals surface area contributed by atoms with Crippen molar-refractivity contribution in [2.24, 2.45) is 5.73 Å². The Labute approximate surface area is 108 Å². The van der Waals surface area contributed by atoms with E-state index in [2.05, 4.69) is 26.6 Å². The fraction of sp³-hybridized carbons (Fsp3) is 1.00. The second-order valence-corrected chi connectivity index (χ2v) is 13.4. The van der Waals surface area contributed by atoms with Crippen LogP contribution in [0, 0.1) is 0 Å². The van der Waals surface area contributed by atoms with Crippen LogP contribution in [-0.2, 0) is 13.3 Å². The van der Waals surface area contributed by atoms with Gasteiger partial charge < -0.3 is 19.0 Å². The van der Waals surface area contributed by atoms with E-state index in [1.54, 1.807) is 0 Å². The fourth-order valence-corrected chi connectivity index (χ4v) is 5.73. The minimum absolute atomic E-state index is 0.221. The summed E-state index contributed by atoms with van der Waals surface area (Å²) in [5.74, 6) is 0. The van der Waals surface area contributed by atoms with Crippen molar-refractivity contribution in [1.82, 2.24) is 0 Å². The molecular formula is C11H29NO3Si2. The summed E-state index contributed by atoms with van der Waals surface area (Å²) in [5, 5.41) is 0. The number of hydrogen-bond donors (Lipinski definition) is 1. The fourth-order valence-electron chi connectivity index (χ4n) is 1.38. The number of hydrogen-bond acceptors (Lipinski definition) is 4. The molecule has 0 radical (unpaired) electrons. The molecule has 0 aliphatic rings. The minimum atomic E-state index is -2.56. The Kier molecular flexibility index (Phi) is 7.78. The largest absolute Gasteiger partial charge is 0.502 e. The molecule has 0 heterocycles. The van der Waals surface area contributed by atoms with Gasteiger partial charge in [-0.3, -0.25) is 0 Å². The van der Waals surface area contributed by atoms with E-state index in [0.29, 0.717) is 25.8 Å². The van der Waals surface area contributed by atoms with Gasteiger partial charge in [-0.25, -0.2) is 0 Å². The molecule has 0 saturated carbocycles. The Bertz CT molecular complexity index is 192. The summed E-state index contributed by atoms with van der Waals surface area (Å²) in [6, 6.07) is 0.698. The number of rotatable bonds is 9. The molecule has 0 fully saturated rings. The predicted octanol–water partition coefficient (Wildman–Crippen LogP) is 2.24. The van der Waals surface area contributed by atoms with Crippen LogP contribution in [-0.4, -0.2) is 42.4 Å². The summed E-state index contributed by atoms with van der Waals surface area (Å²) in [7, 11) is -3.90. The second-order valence-electron chi connectivity index (χ2n) is 5.21. The van der Waals surface area contributed by atoms with E-state index < -0.39 is 16.9 Å². The van der Waals surface area contributed by atoms with Gasteiger partial charge in [0.05, 0.1) is 8.07 Å². The van der Waals surface area contributed by atoms with Gasteiger partial charge in [0.25, 0.3) is 0 Å². The Morgan fingerprint density at radius 2 is 1.53 bits per heavy atom. The summed E-state index contributed by atoms with van der Waals surface area (Å²) >= 11 is 0. The van der Waals surface area contributed by atoms with Gasteiger partial charge in [0.1, 0.15) is 0 Å². The minimum Gasteiger partial charge on any atom is -0.374 e. The van der Waals surface area contributed by atoms with Gasteiger partial charge in [-0.05, 0) is 27.3 Å². The molecule has 0 spiro atoms. The average molecular weight is 280 g/mol. The van der Waals surface area contributed by atoms with Crippen molar-refractivity contribution in [1.29, 1.82) is 0 Å². The van der Waals surface area contributed by atoms with Crippen molar-refractivity contribution in [3.63, 3.8) is 0 Å². The summed E-state index contributed by atoms with van der Waals surface area (Å²) in [5.41, 5.74) is 5.89. The zero-order valence-electron chi connectivity index (χ0n) is 12.2. The molecular weight excluding hydrogens is 250 g/mol. The van der Waals surface area contributed by atoms with Crippen LogP contribution in [0.5, 0.6) is 0 Å². The third kappa shape index (κ3) is 6.12. The molecule has 17 heavy (non-hydrogen) atoms. The molecule has 0 aromatic carbocycles. The molecule has 0 aromatic rings. The molecule has 0 amide bonds. The van der Waals surface area contributed by atoms with Gasteiger partial charge in [-0.2, -0.15) is 0 Å². The maximum atomic E-state index is 6.20. The molecule has 0 rings (SSSR count). The quantitative estimate of drug-likeness (QED) is 0.658. The van der Waals surface area contributed by atoms with Crippen molar-refractivity contribution >= 4 is 16.9 Å². The first kappa shape index (κ1) is 17.3. The van der Waals surface area contributed by atoms with E-state index in [4.69, 9.17) is 19.0 Å². The van der Waals surface area contributed by atoms with Crippen molar-refractivity contribution in [2.45, 2.75) is 52.2 Å². The van der Waals surface area contributed by atoms with E-state index in [1.807, 2.05) is 13.8 Å². The van der Waals surface area contributed by atoms with Gasteiger partial charge in [-0.1, -0.05) is 19.6 Å². The highest BCUT2D eigenvalue weighted by Gasteiger charge is 2.43. The molecule has 0 saturated heterocycles. The average Bonchev–Trinajstić information content (AvgIpc) is 2.17. The first-order valence-electron chi connectivity index (χ1n) is 6.47. The van der Waals surface area contributed by atoms with Gasteiger partial charge in [-0.15, -0.1) is 0 Å². The second kappa shape index (κ2) is 7.65. The van der Waals surface area contributed by atoms with Gasteiger partial charge in [0.15, 0.2) is 0 Å². The Morgan fingerprint density at radius 1 is 1.06 bits per heavy atom. The molecule has 0 aliphatic heterocycles. The zero-order chi connectivity index (χ0) is 13.5. The van der Waals surface area contributed by atoms with Crippen LogP contribution in [0.25, 0.3) is 0 Å². The van der Waals surface area contributed by atoms with Crippen LogP contribution in [0.2, 0.25) is 25.7 Å².